The summed E-state index contributed by atoms with van der Waals surface area (Å²) in [6.45, 7) is 4.10. The van der Waals surface area contributed by atoms with Crippen molar-refractivity contribution in [1.82, 2.24) is 10.6 Å². The van der Waals surface area contributed by atoms with Crippen molar-refractivity contribution in [2.24, 2.45) is 5.92 Å². The molecule has 3 N–H and O–H groups in total. The van der Waals surface area contributed by atoms with E-state index in [1.54, 1.807) is 6.08 Å². The number of rotatable bonds is 4. The number of aliphatic hydroxyl groups is 1. The van der Waals surface area contributed by atoms with Crippen LogP contribution in [0.25, 0.3) is 0 Å². The number of aliphatic hydroxyl groups excluding tert-OH is 1. The molecular weight excluding hydrogens is 356 g/mol. The molecule has 0 aromatic rings. The van der Waals surface area contributed by atoms with Crippen LogP contribution in [0, 0.1) is 5.92 Å². The second-order valence-electron chi connectivity index (χ2n) is 6.74. The topological polar surface area (TPSA) is 105 Å². The zero-order valence-electron chi connectivity index (χ0n) is 15.4. The van der Waals surface area contributed by atoms with Gasteiger partial charge in [0.2, 0.25) is 11.8 Å². The summed E-state index contributed by atoms with van der Waals surface area (Å²) in [7, 11) is 0. The van der Waals surface area contributed by atoms with Crippen molar-refractivity contribution in [2.45, 2.75) is 64.2 Å². The van der Waals surface area contributed by atoms with Crippen LogP contribution in [0.15, 0.2) is 12.2 Å². The molecule has 0 aromatic carbocycles. The standard InChI is InChI=1S/C18H30N2O5S/c1-12(2)18-14(21)11-17(24)25-13(6-3-4-9-26)10-16(23)19-8-5-7-15(22)20-18/h3,6,12-14,18,21,26H,4-5,7-11H2,1-2H3,(H,19,23)(H,20,22)/b6-3+. The highest BCUT2D eigenvalue weighted by Gasteiger charge is 2.28. The minimum Gasteiger partial charge on any atom is -0.457 e. The van der Waals surface area contributed by atoms with E-state index in [9.17, 15) is 19.5 Å². The minimum atomic E-state index is -1.05. The summed E-state index contributed by atoms with van der Waals surface area (Å²) in [5.74, 6) is -0.465. The number of hydrogen-bond acceptors (Lipinski definition) is 6. The van der Waals surface area contributed by atoms with Crippen LogP contribution in [-0.4, -0.2) is 53.4 Å². The van der Waals surface area contributed by atoms with Gasteiger partial charge in [-0.25, -0.2) is 0 Å². The number of allylic oxidation sites excluding steroid dienone is 1. The number of esters is 1. The summed E-state index contributed by atoms with van der Waals surface area (Å²) in [5.41, 5.74) is 0. The van der Waals surface area contributed by atoms with Crippen molar-refractivity contribution in [2.75, 3.05) is 12.3 Å². The molecule has 0 aromatic heterocycles. The molecule has 148 valence electrons. The molecule has 0 bridgehead atoms. The van der Waals surface area contributed by atoms with E-state index >= 15 is 0 Å². The third kappa shape index (κ3) is 8.71. The van der Waals surface area contributed by atoms with Crippen LogP contribution < -0.4 is 10.6 Å². The molecule has 8 heteroatoms. The quantitative estimate of drug-likeness (QED) is 0.327. The molecule has 0 spiro atoms. The predicted molar refractivity (Wildman–Crippen MR) is 102 cm³/mol. The fraction of sp³-hybridized carbons (Fsp3) is 0.722. The summed E-state index contributed by atoms with van der Waals surface area (Å²) in [6.07, 6.45) is 2.94. The highest BCUT2D eigenvalue weighted by molar-refractivity contribution is 7.80. The van der Waals surface area contributed by atoms with E-state index in [1.165, 1.54) is 0 Å². The zero-order valence-corrected chi connectivity index (χ0v) is 16.3. The van der Waals surface area contributed by atoms with Gasteiger partial charge >= 0.3 is 5.97 Å². The lowest BCUT2D eigenvalue weighted by Gasteiger charge is -2.27. The van der Waals surface area contributed by atoms with Gasteiger partial charge in [0.05, 0.1) is 25.0 Å². The third-order valence-corrected chi connectivity index (χ3v) is 4.31. The first-order valence-electron chi connectivity index (χ1n) is 9.04. The number of thiol groups is 1. The van der Waals surface area contributed by atoms with Gasteiger partial charge in [-0.1, -0.05) is 19.9 Å². The number of carbonyl (C=O) groups is 3. The molecule has 26 heavy (non-hydrogen) atoms. The summed E-state index contributed by atoms with van der Waals surface area (Å²) in [6, 6.07) is -0.536. The summed E-state index contributed by atoms with van der Waals surface area (Å²) in [5, 5.41) is 15.9. The lowest BCUT2D eigenvalue weighted by atomic mass is 9.96. The Kier molecular flexibility index (Phi) is 10.3. The summed E-state index contributed by atoms with van der Waals surface area (Å²) < 4.78 is 5.35. The van der Waals surface area contributed by atoms with E-state index in [-0.39, 0.29) is 37.0 Å². The Labute approximate surface area is 160 Å². The lowest BCUT2D eigenvalue weighted by Crippen LogP contribution is -2.48. The first-order chi connectivity index (χ1) is 12.3. The van der Waals surface area contributed by atoms with E-state index in [4.69, 9.17) is 4.74 Å². The second kappa shape index (κ2) is 12.0. The molecule has 0 saturated carbocycles. The van der Waals surface area contributed by atoms with Crippen LogP contribution in [-0.2, 0) is 19.1 Å². The van der Waals surface area contributed by atoms with Gasteiger partial charge in [0, 0.05) is 13.0 Å². The number of amides is 2. The van der Waals surface area contributed by atoms with E-state index in [2.05, 4.69) is 23.3 Å². The molecule has 1 fully saturated rings. The maximum Gasteiger partial charge on any atom is 0.309 e. The summed E-state index contributed by atoms with van der Waals surface area (Å²) >= 11 is 4.11. The number of ether oxygens (including phenoxy) is 1. The minimum absolute atomic E-state index is 0.00467. The van der Waals surface area contributed by atoms with Gasteiger partial charge in [-0.3, -0.25) is 14.4 Å². The van der Waals surface area contributed by atoms with Crippen LogP contribution in [0.1, 0.15) is 46.0 Å². The van der Waals surface area contributed by atoms with Crippen molar-refractivity contribution in [3.8, 4) is 0 Å². The van der Waals surface area contributed by atoms with Crippen molar-refractivity contribution >= 4 is 30.4 Å². The number of nitrogens with one attached hydrogen (secondary N) is 2. The smallest absolute Gasteiger partial charge is 0.309 e. The van der Waals surface area contributed by atoms with Crippen LogP contribution in [0.2, 0.25) is 0 Å². The first kappa shape index (κ1) is 22.5. The zero-order chi connectivity index (χ0) is 19.5. The maximum atomic E-state index is 12.2. The van der Waals surface area contributed by atoms with Crippen LogP contribution in [0.4, 0.5) is 0 Å². The van der Waals surface area contributed by atoms with Crippen molar-refractivity contribution in [3.63, 3.8) is 0 Å². The molecule has 0 aliphatic carbocycles. The number of hydrogen-bond donors (Lipinski definition) is 4. The fourth-order valence-electron chi connectivity index (χ4n) is 2.68. The molecule has 1 rings (SSSR count). The van der Waals surface area contributed by atoms with Gasteiger partial charge in [0.1, 0.15) is 6.10 Å². The normalized spacial score (nSPS) is 27.0. The molecule has 1 saturated heterocycles. The number of carbonyl (C=O) groups excluding carboxylic acids is 3. The Bertz CT molecular complexity index is 510. The van der Waals surface area contributed by atoms with Gasteiger partial charge in [0.15, 0.2) is 0 Å². The Hall–Kier alpha value is -1.54. The van der Waals surface area contributed by atoms with E-state index < -0.39 is 24.2 Å². The molecule has 1 aliphatic rings. The van der Waals surface area contributed by atoms with Crippen molar-refractivity contribution in [3.05, 3.63) is 12.2 Å². The third-order valence-electron chi connectivity index (χ3n) is 4.05. The Morgan fingerprint density at radius 2 is 2.00 bits per heavy atom. The molecule has 1 heterocycles. The van der Waals surface area contributed by atoms with Crippen LogP contribution in [0.5, 0.6) is 0 Å². The van der Waals surface area contributed by atoms with Crippen molar-refractivity contribution < 1.29 is 24.2 Å². The monoisotopic (exact) mass is 386 g/mol. The highest BCUT2D eigenvalue weighted by Crippen LogP contribution is 2.13. The average molecular weight is 387 g/mol. The first-order valence-corrected chi connectivity index (χ1v) is 9.67. The van der Waals surface area contributed by atoms with Crippen molar-refractivity contribution in [1.29, 1.82) is 0 Å². The molecule has 3 atom stereocenters. The fourth-order valence-corrected chi connectivity index (χ4v) is 2.83. The molecule has 2 amide bonds. The lowest BCUT2D eigenvalue weighted by molar-refractivity contribution is -0.151. The maximum absolute atomic E-state index is 12.2. The van der Waals surface area contributed by atoms with Gasteiger partial charge < -0.3 is 20.5 Å². The summed E-state index contributed by atoms with van der Waals surface area (Å²) in [4.78, 5) is 36.2. The SMILES string of the molecule is CC(C)C1NC(=O)CCCNC(=O)CC(/C=C/CCS)OC(=O)CC1O. The van der Waals surface area contributed by atoms with Gasteiger partial charge in [0.25, 0.3) is 0 Å². The highest BCUT2D eigenvalue weighted by atomic mass is 32.1. The van der Waals surface area contributed by atoms with Gasteiger partial charge in [-0.15, -0.1) is 0 Å². The second-order valence-corrected chi connectivity index (χ2v) is 7.18. The predicted octanol–water partition coefficient (Wildman–Crippen LogP) is 0.966. The van der Waals surface area contributed by atoms with E-state index in [0.29, 0.717) is 25.1 Å². The van der Waals surface area contributed by atoms with Gasteiger partial charge in [-0.05, 0) is 30.6 Å². The Balaban J connectivity index is 2.87. The Morgan fingerprint density at radius 1 is 1.27 bits per heavy atom. The van der Waals surface area contributed by atoms with Gasteiger partial charge in [-0.2, -0.15) is 12.6 Å². The van der Waals surface area contributed by atoms with E-state index in [0.717, 1.165) is 0 Å². The number of cyclic esters (lactones) is 1. The molecule has 7 nitrogen and oxygen atoms in total. The molecule has 3 unspecified atom stereocenters. The largest absolute Gasteiger partial charge is 0.457 e. The van der Waals surface area contributed by atoms with Crippen LogP contribution >= 0.6 is 12.6 Å². The van der Waals surface area contributed by atoms with Crippen LogP contribution in [0.3, 0.4) is 0 Å². The average Bonchev–Trinajstić information content (AvgIpc) is 2.55. The Morgan fingerprint density at radius 3 is 2.65 bits per heavy atom. The molecule has 1 aliphatic heterocycles. The van der Waals surface area contributed by atoms with E-state index in [1.807, 2.05) is 19.9 Å². The molecular formula is C18H30N2O5S. The molecule has 0 radical (unpaired) electrons.